The van der Waals surface area contributed by atoms with Crippen LogP contribution in [-0.2, 0) is 14.2 Å². The van der Waals surface area contributed by atoms with Crippen LogP contribution in [0.4, 0.5) is 0 Å². The highest BCUT2D eigenvalue weighted by Gasteiger charge is 2.18. The number of hydrogen-bond acceptors (Lipinski definition) is 7. The quantitative estimate of drug-likeness (QED) is 0.563. The molecule has 7 nitrogen and oxygen atoms in total. The summed E-state index contributed by atoms with van der Waals surface area (Å²) in [4.78, 5) is 9.03. The van der Waals surface area contributed by atoms with Crippen LogP contribution in [0, 0.1) is 0 Å². The average molecular weight is 370 g/mol. The molecule has 3 heterocycles. The first-order chi connectivity index (χ1) is 13.4. The van der Waals surface area contributed by atoms with Gasteiger partial charge in [0.1, 0.15) is 24.2 Å². The first-order valence-corrected chi connectivity index (χ1v) is 9.09. The number of rotatable bonds is 0. The molecule has 0 aliphatic carbocycles. The summed E-state index contributed by atoms with van der Waals surface area (Å²) in [7, 11) is 0. The van der Waals surface area contributed by atoms with Crippen molar-refractivity contribution >= 4 is 21.8 Å². The monoisotopic (exact) mass is 370 g/mol. The second-order valence-corrected chi connectivity index (χ2v) is 5.99. The lowest BCUT2D eigenvalue weighted by atomic mass is 10.1. The Morgan fingerprint density at radius 2 is 0.963 bits per heavy atom. The fraction of sp³-hybridized carbons (Fsp3) is 0.400. The van der Waals surface area contributed by atoms with Crippen LogP contribution in [0.3, 0.4) is 0 Å². The smallest absolute Gasteiger partial charge is 0.171 e. The van der Waals surface area contributed by atoms with Crippen LogP contribution >= 0.6 is 0 Å². The summed E-state index contributed by atoms with van der Waals surface area (Å²) in [6.07, 6.45) is 3.51. The molecule has 0 spiro atoms. The number of pyridine rings is 2. The zero-order valence-electron chi connectivity index (χ0n) is 15.1. The maximum absolute atomic E-state index is 6.09. The van der Waals surface area contributed by atoms with Gasteiger partial charge in [-0.05, 0) is 24.3 Å². The maximum Gasteiger partial charge on any atom is 0.171 e. The van der Waals surface area contributed by atoms with E-state index in [4.69, 9.17) is 23.7 Å². The highest BCUT2D eigenvalue weighted by atomic mass is 16.6. The van der Waals surface area contributed by atoms with E-state index in [2.05, 4.69) is 9.97 Å². The molecule has 0 bridgehead atoms. The van der Waals surface area contributed by atoms with Crippen LogP contribution in [-0.4, -0.2) is 62.8 Å². The van der Waals surface area contributed by atoms with Crippen molar-refractivity contribution in [1.29, 1.82) is 0 Å². The van der Waals surface area contributed by atoms with Gasteiger partial charge in [0.25, 0.3) is 0 Å². The second kappa shape index (κ2) is 8.94. The highest BCUT2D eigenvalue weighted by Crippen LogP contribution is 2.42. The summed E-state index contributed by atoms with van der Waals surface area (Å²) in [5.74, 6) is 1.32. The lowest BCUT2D eigenvalue weighted by Crippen LogP contribution is -2.13. The van der Waals surface area contributed by atoms with Gasteiger partial charge in [0.15, 0.2) is 11.5 Å². The Bertz CT molecular complexity index is 829. The summed E-state index contributed by atoms with van der Waals surface area (Å²) in [6, 6.07) is 7.70. The molecule has 3 aromatic rings. The Labute approximate surface area is 157 Å². The standard InChI is InChI=1S/C20H22N2O5/c1-3-15-17(21-5-1)18-16(4-2-6-22-18)20-19(15)26-13-11-24-9-7-23-8-10-25-12-14-27-20/h1-6H,7-14H2. The number of benzene rings is 1. The molecule has 7 heteroatoms. The van der Waals surface area contributed by atoms with Gasteiger partial charge < -0.3 is 23.7 Å². The van der Waals surface area contributed by atoms with Crippen LogP contribution in [0.5, 0.6) is 11.5 Å². The van der Waals surface area contributed by atoms with Crippen molar-refractivity contribution in [3.05, 3.63) is 36.7 Å². The van der Waals surface area contributed by atoms with Crippen molar-refractivity contribution < 1.29 is 23.7 Å². The van der Waals surface area contributed by atoms with Gasteiger partial charge in [-0.3, -0.25) is 9.97 Å². The Hall–Kier alpha value is -2.48. The maximum atomic E-state index is 6.09. The first-order valence-electron chi connectivity index (χ1n) is 9.09. The van der Waals surface area contributed by atoms with E-state index in [1.807, 2.05) is 24.3 Å². The molecule has 0 unspecified atom stereocenters. The molecule has 1 aliphatic heterocycles. The minimum absolute atomic E-state index is 0.405. The van der Waals surface area contributed by atoms with Crippen LogP contribution in [0.2, 0.25) is 0 Å². The van der Waals surface area contributed by atoms with E-state index < -0.39 is 0 Å². The molecule has 0 saturated carbocycles. The Morgan fingerprint density at radius 3 is 1.41 bits per heavy atom. The van der Waals surface area contributed by atoms with Crippen molar-refractivity contribution in [2.45, 2.75) is 0 Å². The van der Waals surface area contributed by atoms with E-state index in [-0.39, 0.29) is 0 Å². The molecule has 1 aromatic carbocycles. The Morgan fingerprint density at radius 1 is 0.556 bits per heavy atom. The van der Waals surface area contributed by atoms with E-state index in [9.17, 15) is 0 Å². The van der Waals surface area contributed by atoms with E-state index in [1.54, 1.807) is 12.4 Å². The number of hydrogen-bond donors (Lipinski definition) is 0. The van der Waals surface area contributed by atoms with E-state index in [1.165, 1.54) is 0 Å². The second-order valence-electron chi connectivity index (χ2n) is 5.99. The van der Waals surface area contributed by atoms with Gasteiger partial charge >= 0.3 is 0 Å². The van der Waals surface area contributed by atoms with Crippen LogP contribution in [0.1, 0.15) is 0 Å². The number of aromatic nitrogens is 2. The van der Waals surface area contributed by atoms with Gasteiger partial charge in [0.2, 0.25) is 0 Å². The highest BCUT2D eigenvalue weighted by molar-refractivity contribution is 6.09. The first kappa shape index (κ1) is 17.9. The molecule has 4 rings (SSSR count). The minimum atomic E-state index is 0.405. The van der Waals surface area contributed by atoms with Crippen LogP contribution in [0.25, 0.3) is 21.8 Å². The fourth-order valence-electron chi connectivity index (χ4n) is 3.03. The summed E-state index contributed by atoms with van der Waals surface area (Å²) in [5, 5.41) is 1.74. The molecule has 142 valence electrons. The normalized spacial score (nSPS) is 17.3. The molecule has 27 heavy (non-hydrogen) atoms. The molecule has 0 amide bonds. The van der Waals surface area contributed by atoms with Crippen molar-refractivity contribution in [3.8, 4) is 11.5 Å². The van der Waals surface area contributed by atoms with Crippen molar-refractivity contribution in [2.75, 3.05) is 52.9 Å². The number of ether oxygens (including phenoxy) is 5. The topological polar surface area (TPSA) is 71.9 Å². The third kappa shape index (κ3) is 4.10. The lowest BCUT2D eigenvalue weighted by molar-refractivity contribution is 0.00714. The molecule has 0 radical (unpaired) electrons. The largest absolute Gasteiger partial charge is 0.487 e. The average Bonchev–Trinajstić information content (AvgIpc) is 2.73. The lowest BCUT2D eigenvalue weighted by Gasteiger charge is -2.17. The third-order valence-corrected chi connectivity index (χ3v) is 4.23. The Kier molecular flexibility index (Phi) is 5.93. The number of nitrogens with zero attached hydrogens (tertiary/aromatic N) is 2. The summed E-state index contributed by atoms with van der Waals surface area (Å²) < 4.78 is 28.7. The fourth-order valence-corrected chi connectivity index (χ4v) is 3.03. The van der Waals surface area contributed by atoms with Gasteiger partial charge in [0, 0.05) is 23.2 Å². The molecule has 0 saturated heterocycles. The van der Waals surface area contributed by atoms with Crippen molar-refractivity contribution in [1.82, 2.24) is 9.97 Å². The molecule has 0 N–H and O–H groups in total. The van der Waals surface area contributed by atoms with Crippen molar-refractivity contribution in [2.24, 2.45) is 0 Å². The SMILES string of the molecule is c1cnc2c(c1)c1c(c3cccnc32)OCCOCCOCCOCCO1. The molecule has 0 atom stereocenters. The van der Waals surface area contributed by atoms with Gasteiger partial charge in [-0.25, -0.2) is 0 Å². The molecular formula is C20H22N2O5. The molecule has 1 aliphatic rings. The van der Waals surface area contributed by atoms with Gasteiger partial charge in [-0.2, -0.15) is 0 Å². The summed E-state index contributed by atoms with van der Waals surface area (Å²) in [6.45, 7) is 3.87. The van der Waals surface area contributed by atoms with Gasteiger partial charge in [0.05, 0.1) is 39.6 Å². The zero-order valence-corrected chi connectivity index (χ0v) is 15.1. The Balaban J connectivity index is 1.75. The minimum Gasteiger partial charge on any atom is -0.487 e. The molecule has 0 fully saturated rings. The zero-order chi connectivity index (χ0) is 18.3. The van der Waals surface area contributed by atoms with E-state index in [0.29, 0.717) is 64.4 Å². The van der Waals surface area contributed by atoms with Gasteiger partial charge in [-0.1, -0.05) is 0 Å². The predicted octanol–water partition coefficient (Wildman–Crippen LogP) is 2.60. The predicted molar refractivity (Wildman–Crippen MR) is 100 cm³/mol. The number of fused-ring (bicyclic) bond motifs is 6. The van der Waals surface area contributed by atoms with Crippen molar-refractivity contribution in [3.63, 3.8) is 0 Å². The third-order valence-electron chi connectivity index (χ3n) is 4.23. The molecular weight excluding hydrogens is 348 g/mol. The van der Waals surface area contributed by atoms with Crippen LogP contribution in [0.15, 0.2) is 36.7 Å². The van der Waals surface area contributed by atoms with Crippen LogP contribution < -0.4 is 9.47 Å². The summed E-state index contributed by atoms with van der Waals surface area (Å²) in [5.41, 5.74) is 1.58. The molecule has 2 aromatic heterocycles. The summed E-state index contributed by atoms with van der Waals surface area (Å²) >= 11 is 0. The van der Waals surface area contributed by atoms with Gasteiger partial charge in [-0.15, -0.1) is 0 Å². The van der Waals surface area contributed by atoms with E-state index in [0.717, 1.165) is 21.8 Å². The van der Waals surface area contributed by atoms with E-state index >= 15 is 0 Å².